The van der Waals surface area contributed by atoms with E-state index in [1.54, 1.807) is 12.7 Å². The Morgan fingerprint density at radius 3 is 2.95 bits per heavy atom. The minimum atomic E-state index is 0.344. The second-order valence-corrected chi connectivity index (χ2v) is 5.00. The number of anilines is 1. The van der Waals surface area contributed by atoms with Crippen LogP contribution in [0.15, 0.2) is 12.7 Å². The van der Waals surface area contributed by atoms with E-state index >= 15 is 0 Å². The molecule has 0 unspecified atom stereocenters. The molecule has 0 aliphatic carbocycles. The number of nitrogens with zero attached hydrogens (tertiary/aromatic N) is 4. The lowest BCUT2D eigenvalue weighted by Gasteiger charge is -2.32. The Hall–Kier alpha value is -1.73. The minimum absolute atomic E-state index is 0.344. The second-order valence-electron chi connectivity index (χ2n) is 5.00. The van der Waals surface area contributed by atoms with Crippen LogP contribution in [0, 0.1) is 0 Å². The standard InChI is InChI=1S/C13H20N6O/c14-4-1-7-20-10-2-5-19(6-3-10)13-11-12(16-8-15-11)17-9-18-13/h8-10H,1-7,14H2,(H,15,16,17,18). The van der Waals surface area contributed by atoms with Crippen molar-refractivity contribution >= 4 is 17.0 Å². The van der Waals surface area contributed by atoms with Gasteiger partial charge in [0, 0.05) is 19.7 Å². The first-order valence-corrected chi connectivity index (χ1v) is 7.09. The third-order valence-electron chi connectivity index (χ3n) is 3.65. The molecule has 20 heavy (non-hydrogen) atoms. The zero-order chi connectivity index (χ0) is 13.8. The molecule has 1 saturated heterocycles. The summed E-state index contributed by atoms with van der Waals surface area (Å²) in [6, 6.07) is 0. The normalized spacial score (nSPS) is 16.9. The van der Waals surface area contributed by atoms with Crippen LogP contribution in [0.25, 0.3) is 11.2 Å². The fourth-order valence-electron chi connectivity index (χ4n) is 2.56. The van der Waals surface area contributed by atoms with Gasteiger partial charge < -0.3 is 20.4 Å². The Labute approximate surface area is 117 Å². The number of nitrogens with two attached hydrogens (primary N) is 1. The molecule has 3 heterocycles. The number of aromatic nitrogens is 4. The van der Waals surface area contributed by atoms with Gasteiger partial charge in [-0.3, -0.25) is 0 Å². The highest BCUT2D eigenvalue weighted by Crippen LogP contribution is 2.24. The van der Waals surface area contributed by atoms with Crippen molar-refractivity contribution < 1.29 is 4.74 Å². The lowest BCUT2D eigenvalue weighted by molar-refractivity contribution is 0.0366. The molecule has 0 spiro atoms. The molecule has 0 aromatic carbocycles. The summed E-state index contributed by atoms with van der Waals surface area (Å²) >= 11 is 0. The molecule has 1 aliphatic heterocycles. The highest BCUT2D eigenvalue weighted by Gasteiger charge is 2.22. The SMILES string of the molecule is NCCCOC1CCN(c2ncnc3nc[nH]c23)CC1. The van der Waals surface area contributed by atoms with E-state index in [1.165, 1.54) is 0 Å². The van der Waals surface area contributed by atoms with Crippen LogP contribution >= 0.6 is 0 Å². The summed E-state index contributed by atoms with van der Waals surface area (Å²) in [5, 5.41) is 0. The molecule has 0 amide bonds. The molecule has 0 saturated carbocycles. The quantitative estimate of drug-likeness (QED) is 0.780. The number of imidazole rings is 1. The molecular formula is C13H20N6O. The first-order chi connectivity index (χ1) is 9.88. The number of nitrogens with one attached hydrogen (secondary N) is 1. The zero-order valence-corrected chi connectivity index (χ0v) is 11.5. The van der Waals surface area contributed by atoms with E-state index < -0.39 is 0 Å². The number of rotatable bonds is 5. The summed E-state index contributed by atoms with van der Waals surface area (Å²) in [5.41, 5.74) is 7.10. The van der Waals surface area contributed by atoms with E-state index in [1.807, 2.05) is 0 Å². The Morgan fingerprint density at radius 2 is 2.15 bits per heavy atom. The fraction of sp³-hybridized carbons (Fsp3) is 0.615. The first kappa shape index (κ1) is 13.3. The summed E-state index contributed by atoms with van der Waals surface area (Å²) in [5.74, 6) is 0.938. The maximum Gasteiger partial charge on any atom is 0.182 e. The number of H-pyrrole nitrogens is 1. The van der Waals surface area contributed by atoms with Crippen LogP contribution in [0.5, 0.6) is 0 Å². The summed E-state index contributed by atoms with van der Waals surface area (Å²) < 4.78 is 5.82. The van der Waals surface area contributed by atoms with Crippen molar-refractivity contribution in [2.75, 3.05) is 31.1 Å². The molecule has 2 aromatic heterocycles. The molecule has 0 radical (unpaired) electrons. The average Bonchev–Trinajstić information content (AvgIpc) is 2.97. The van der Waals surface area contributed by atoms with Gasteiger partial charge in [0.1, 0.15) is 11.8 Å². The second kappa shape index (κ2) is 6.15. The third kappa shape index (κ3) is 2.73. The van der Waals surface area contributed by atoms with Gasteiger partial charge in [0.2, 0.25) is 0 Å². The third-order valence-corrected chi connectivity index (χ3v) is 3.65. The highest BCUT2D eigenvalue weighted by atomic mass is 16.5. The predicted molar refractivity (Wildman–Crippen MR) is 76.5 cm³/mol. The molecule has 1 fully saturated rings. The van der Waals surface area contributed by atoms with Crippen LogP contribution in [0.1, 0.15) is 19.3 Å². The van der Waals surface area contributed by atoms with Gasteiger partial charge in [-0.2, -0.15) is 0 Å². The van der Waals surface area contributed by atoms with Crippen LogP contribution in [-0.4, -0.2) is 52.3 Å². The van der Waals surface area contributed by atoms with E-state index in [4.69, 9.17) is 10.5 Å². The van der Waals surface area contributed by atoms with E-state index in [-0.39, 0.29) is 0 Å². The number of piperidine rings is 1. The minimum Gasteiger partial charge on any atom is -0.378 e. The van der Waals surface area contributed by atoms with Gasteiger partial charge >= 0.3 is 0 Å². The molecule has 7 heteroatoms. The summed E-state index contributed by atoms with van der Waals surface area (Å²) in [6.45, 7) is 3.34. The molecule has 3 rings (SSSR count). The average molecular weight is 276 g/mol. The van der Waals surface area contributed by atoms with E-state index in [0.29, 0.717) is 12.6 Å². The van der Waals surface area contributed by atoms with Crippen LogP contribution in [0.3, 0.4) is 0 Å². The molecule has 7 nitrogen and oxygen atoms in total. The predicted octanol–water partition coefficient (Wildman–Crippen LogP) is 0.687. The van der Waals surface area contributed by atoms with Crippen molar-refractivity contribution in [3.05, 3.63) is 12.7 Å². The van der Waals surface area contributed by atoms with Crippen molar-refractivity contribution in [1.29, 1.82) is 0 Å². The maximum atomic E-state index is 5.82. The summed E-state index contributed by atoms with van der Waals surface area (Å²) in [4.78, 5) is 18.1. The van der Waals surface area contributed by atoms with Crippen molar-refractivity contribution in [3.63, 3.8) is 0 Å². The van der Waals surface area contributed by atoms with E-state index in [9.17, 15) is 0 Å². The van der Waals surface area contributed by atoms with Gasteiger partial charge in [-0.05, 0) is 25.8 Å². The molecule has 0 bridgehead atoms. The van der Waals surface area contributed by atoms with Gasteiger partial charge in [0.25, 0.3) is 0 Å². The lowest BCUT2D eigenvalue weighted by atomic mass is 10.1. The van der Waals surface area contributed by atoms with Gasteiger partial charge in [0.05, 0.1) is 12.4 Å². The molecule has 2 aromatic rings. The van der Waals surface area contributed by atoms with Gasteiger partial charge in [-0.25, -0.2) is 15.0 Å². The van der Waals surface area contributed by atoms with Crippen LogP contribution in [0.2, 0.25) is 0 Å². The molecule has 1 aliphatic rings. The molecular weight excluding hydrogens is 256 g/mol. The largest absolute Gasteiger partial charge is 0.378 e. The Balaban J connectivity index is 1.62. The monoisotopic (exact) mass is 276 g/mol. The first-order valence-electron chi connectivity index (χ1n) is 7.09. The number of hydrogen-bond acceptors (Lipinski definition) is 6. The number of aromatic amines is 1. The summed E-state index contributed by atoms with van der Waals surface area (Å²) in [7, 11) is 0. The molecule has 3 N–H and O–H groups in total. The zero-order valence-electron chi connectivity index (χ0n) is 11.5. The van der Waals surface area contributed by atoms with Crippen molar-refractivity contribution in [3.8, 4) is 0 Å². The fourth-order valence-corrected chi connectivity index (χ4v) is 2.56. The van der Waals surface area contributed by atoms with Gasteiger partial charge in [-0.1, -0.05) is 0 Å². The van der Waals surface area contributed by atoms with E-state index in [2.05, 4.69) is 24.8 Å². The van der Waals surface area contributed by atoms with Crippen molar-refractivity contribution in [2.24, 2.45) is 5.73 Å². The molecule has 0 atom stereocenters. The Kier molecular flexibility index (Phi) is 4.08. The van der Waals surface area contributed by atoms with E-state index in [0.717, 1.165) is 55.9 Å². The van der Waals surface area contributed by atoms with Crippen molar-refractivity contribution in [2.45, 2.75) is 25.4 Å². The lowest BCUT2D eigenvalue weighted by Crippen LogP contribution is -2.37. The number of hydrogen-bond donors (Lipinski definition) is 2. The topological polar surface area (TPSA) is 93.0 Å². The van der Waals surface area contributed by atoms with Crippen LogP contribution < -0.4 is 10.6 Å². The molecule has 108 valence electrons. The smallest absolute Gasteiger partial charge is 0.182 e. The highest BCUT2D eigenvalue weighted by molar-refractivity contribution is 5.82. The Bertz CT molecular complexity index is 549. The van der Waals surface area contributed by atoms with Gasteiger partial charge in [0.15, 0.2) is 11.5 Å². The summed E-state index contributed by atoms with van der Waals surface area (Å²) in [6.07, 6.45) is 6.54. The van der Waals surface area contributed by atoms with Crippen LogP contribution in [-0.2, 0) is 4.74 Å². The van der Waals surface area contributed by atoms with Gasteiger partial charge in [-0.15, -0.1) is 0 Å². The van der Waals surface area contributed by atoms with Crippen LogP contribution in [0.4, 0.5) is 5.82 Å². The Morgan fingerprint density at radius 1 is 1.30 bits per heavy atom. The maximum absolute atomic E-state index is 5.82. The number of fused-ring (bicyclic) bond motifs is 1. The van der Waals surface area contributed by atoms with Crippen molar-refractivity contribution in [1.82, 2.24) is 19.9 Å². The number of ether oxygens (including phenoxy) is 1.